The molecule has 2 nitrogen and oxygen atoms in total. The minimum Gasteiger partial charge on any atom is -0.508 e. The Morgan fingerprint density at radius 3 is 1.41 bits per heavy atom. The van der Waals surface area contributed by atoms with Crippen LogP contribution in [0.1, 0.15) is 15.9 Å². The van der Waals surface area contributed by atoms with Crippen LogP contribution in [0, 0.1) is 0 Å². The van der Waals surface area contributed by atoms with Crippen molar-refractivity contribution in [1.82, 2.24) is 0 Å². The summed E-state index contributed by atoms with van der Waals surface area (Å²) >= 11 is 4.09. The molecule has 0 heterocycles. The van der Waals surface area contributed by atoms with Crippen LogP contribution in [0.2, 0.25) is 0 Å². The number of rotatable bonds is 5. The van der Waals surface area contributed by atoms with Crippen molar-refractivity contribution in [2.45, 2.75) is 14.7 Å². The number of aromatic hydroxyl groups is 1. The van der Waals surface area contributed by atoms with Gasteiger partial charge in [-0.15, -0.1) is 8.46 Å². The average molecular weight is 463 g/mol. The first-order valence-corrected chi connectivity index (χ1v) is 12.6. The zero-order valence-corrected chi connectivity index (χ0v) is 17.9. The van der Waals surface area contributed by atoms with Crippen molar-refractivity contribution >= 4 is 29.1 Å². The van der Waals surface area contributed by atoms with E-state index in [1.807, 2.05) is 60.7 Å². The van der Waals surface area contributed by atoms with E-state index < -0.39 is 8.46 Å². The first-order valence-electron chi connectivity index (χ1n) is 9.16. The van der Waals surface area contributed by atoms with Gasteiger partial charge in [0.05, 0.1) is 0 Å². The highest BCUT2D eigenvalue weighted by molar-refractivity contribution is 9.58. The predicted molar refractivity (Wildman–Crippen MR) is 122 cm³/mol. The highest BCUT2D eigenvalue weighted by Gasteiger charge is 2.28. The van der Waals surface area contributed by atoms with Gasteiger partial charge in [0.25, 0.3) is 0 Å². The summed E-state index contributed by atoms with van der Waals surface area (Å²) in [5.41, 5.74) is 1.17. The zero-order chi connectivity index (χ0) is 20.3. The standard InChI is InChI=1S/C25H19BrO2S/c26-29(22-7-3-1-4-8-22,23-9-5-2-6-10-23)24-17-13-20(14-18-24)25(28)19-11-15-21(27)16-12-19/h1-18,27H. The first-order chi connectivity index (χ1) is 14.1. The molecule has 29 heavy (non-hydrogen) atoms. The average Bonchev–Trinajstić information content (AvgIpc) is 2.80. The molecular formula is C25H19BrO2S. The molecule has 0 aliphatic carbocycles. The molecule has 0 saturated carbocycles. The maximum Gasteiger partial charge on any atom is 0.193 e. The van der Waals surface area contributed by atoms with Crippen LogP contribution in [0.15, 0.2) is 124 Å². The highest BCUT2D eigenvalue weighted by Crippen LogP contribution is 2.73. The summed E-state index contributed by atoms with van der Waals surface area (Å²) in [4.78, 5) is 16.3. The fraction of sp³-hybridized carbons (Fsp3) is 0. The number of carbonyl (C=O) groups excluding carboxylic acids is 1. The van der Waals surface area contributed by atoms with Gasteiger partial charge in [0.15, 0.2) is 5.78 Å². The van der Waals surface area contributed by atoms with E-state index in [2.05, 4.69) is 39.1 Å². The molecule has 0 spiro atoms. The molecule has 4 rings (SSSR count). The van der Waals surface area contributed by atoms with E-state index in [4.69, 9.17) is 0 Å². The van der Waals surface area contributed by atoms with Gasteiger partial charge in [-0.3, -0.25) is 4.79 Å². The number of benzene rings is 4. The molecule has 0 amide bonds. The second kappa shape index (κ2) is 8.27. The van der Waals surface area contributed by atoms with Gasteiger partial charge < -0.3 is 5.11 Å². The zero-order valence-electron chi connectivity index (χ0n) is 15.5. The van der Waals surface area contributed by atoms with E-state index >= 15 is 0 Å². The quantitative estimate of drug-likeness (QED) is 0.318. The van der Waals surface area contributed by atoms with Gasteiger partial charge in [-0.2, -0.15) is 0 Å². The molecule has 4 heteroatoms. The number of phenolic OH excluding ortho intramolecular Hbond substituents is 1. The molecule has 4 aromatic rings. The molecule has 0 aliphatic rings. The SMILES string of the molecule is O=C(c1ccc(O)cc1)c1ccc(S(Br)(c2ccccc2)c2ccccc2)cc1. The lowest BCUT2D eigenvalue weighted by molar-refractivity contribution is 0.103. The molecule has 0 bridgehead atoms. The molecule has 0 saturated heterocycles. The maximum atomic E-state index is 12.8. The number of phenols is 1. The van der Waals surface area contributed by atoms with Crippen LogP contribution in [-0.4, -0.2) is 10.9 Å². The van der Waals surface area contributed by atoms with Gasteiger partial charge in [-0.05, 0) is 87.6 Å². The highest BCUT2D eigenvalue weighted by atomic mass is 79.9. The van der Waals surface area contributed by atoms with E-state index in [0.29, 0.717) is 11.1 Å². The number of carbonyl (C=O) groups is 1. The predicted octanol–water partition coefficient (Wildman–Crippen LogP) is 7.21. The second-order valence-electron chi connectivity index (χ2n) is 6.56. The Hall–Kier alpha value is -2.82. The Morgan fingerprint density at radius 1 is 0.586 bits per heavy atom. The van der Waals surface area contributed by atoms with Crippen molar-refractivity contribution in [3.8, 4) is 5.75 Å². The van der Waals surface area contributed by atoms with E-state index in [1.54, 1.807) is 12.1 Å². The number of hydrogen-bond donors (Lipinski definition) is 1. The number of ketones is 1. The largest absolute Gasteiger partial charge is 0.508 e. The van der Waals surface area contributed by atoms with Crippen molar-refractivity contribution in [3.63, 3.8) is 0 Å². The lowest BCUT2D eigenvalue weighted by Gasteiger charge is -2.35. The van der Waals surface area contributed by atoms with Crippen molar-refractivity contribution in [2.24, 2.45) is 0 Å². The Bertz CT molecular complexity index is 1070. The Balaban J connectivity index is 1.75. The smallest absolute Gasteiger partial charge is 0.193 e. The minimum absolute atomic E-state index is 0.0638. The second-order valence-corrected chi connectivity index (χ2v) is 12.0. The lowest BCUT2D eigenvalue weighted by atomic mass is 10.0. The van der Waals surface area contributed by atoms with Crippen LogP contribution in [0.25, 0.3) is 0 Å². The van der Waals surface area contributed by atoms with Crippen LogP contribution in [0.3, 0.4) is 0 Å². The third-order valence-corrected chi connectivity index (χ3v) is 10.8. The summed E-state index contributed by atoms with van der Waals surface area (Å²) in [7, 11) is -1.62. The Morgan fingerprint density at radius 2 is 0.966 bits per heavy atom. The first kappa shape index (κ1) is 19.5. The summed E-state index contributed by atoms with van der Waals surface area (Å²) in [6.45, 7) is 0. The summed E-state index contributed by atoms with van der Waals surface area (Å²) in [6, 6.07) is 34.9. The van der Waals surface area contributed by atoms with Crippen LogP contribution in [0.4, 0.5) is 0 Å². The molecule has 0 aromatic heterocycles. The Kier molecular flexibility index (Phi) is 5.56. The minimum atomic E-state index is -1.62. The van der Waals surface area contributed by atoms with Gasteiger partial charge in [0, 0.05) is 25.8 Å². The monoisotopic (exact) mass is 462 g/mol. The lowest BCUT2D eigenvalue weighted by Crippen LogP contribution is -2.02. The maximum absolute atomic E-state index is 12.8. The molecular weight excluding hydrogens is 444 g/mol. The fourth-order valence-electron chi connectivity index (χ4n) is 3.20. The third kappa shape index (κ3) is 3.86. The van der Waals surface area contributed by atoms with Gasteiger partial charge in [-0.1, -0.05) is 36.4 Å². The topological polar surface area (TPSA) is 37.3 Å². The summed E-state index contributed by atoms with van der Waals surface area (Å²) in [5, 5.41) is 9.44. The molecule has 0 fully saturated rings. The molecule has 0 aliphatic heterocycles. The van der Waals surface area contributed by atoms with Crippen LogP contribution < -0.4 is 0 Å². The van der Waals surface area contributed by atoms with Gasteiger partial charge in [-0.25, -0.2) is 0 Å². The molecule has 0 unspecified atom stereocenters. The van der Waals surface area contributed by atoms with Gasteiger partial charge >= 0.3 is 0 Å². The van der Waals surface area contributed by atoms with Gasteiger partial charge in [0.2, 0.25) is 0 Å². The molecule has 0 atom stereocenters. The Labute approximate surface area is 179 Å². The van der Waals surface area contributed by atoms with Crippen molar-refractivity contribution < 1.29 is 9.90 Å². The van der Waals surface area contributed by atoms with Crippen molar-refractivity contribution in [1.29, 1.82) is 0 Å². The summed E-state index contributed by atoms with van der Waals surface area (Å²) in [6.07, 6.45) is 0. The van der Waals surface area contributed by atoms with E-state index in [-0.39, 0.29) is 11.5 Å². The van der Waals surface area contributed by atoms with Crippen LogP contribution in [-0.2, 0) is 0 Å². The number of hydrogen-bond acceptors (Lipinski definition) is 2. The number of halogens is 1. The fourth-order valence-corrected chi connectivity index (χ4v) is 7.53. The molecule has 0 radical (unpaired) electrons. The van der Waals surface area contributed by atoms with E-state index in [1.165, 1.54) is 21.9 Å². The van der Waals surface area contributed by atoms with Crippen LogP contribution >= 0.6 is 23.3 Å². The van der Waals surface area contributed by atoms with Crippen LogP contribution in [0.5, 0.6) is 5.75 Å². The normalized spacial score (nSPS) is 11.8. The third-order valence-electron chi connectivity index (χ3n) is 4.71. The van der Waals surface area contributed by atoms with E-state index in [9.17, 15) is 9.90 Å². The molecule has 1 N–H and O–H groups in total. The van der Waals surface area contributed by atoms with E-state index in [0.717, 1.165) is 4.90 Å². The summed E-state index contributed by atoms with van der Waals surface area (Å²) < 4.78 is 0. The van der Waals surface area contributed by atoms with Crippen molar-refractivity contribution in [3.05, 3.63) is 120 Å². The summed E-state index contributed by atoms with van der Waals surface area (Å²) in [5.74, 6) is 0.0847. The van der Waals surface area contributed by atoms with Gasteiger partial charge in [0.1, 0.15) is 5.75 Å². The molecule has 144 valence electrons. The van der Waals surface area contributed by atoms with Crippen molar-refractivity contribution in [2.75, 3.05) is 0 Å². The molecule has 4 aromatic carbocycles.